The Morgan fingerprint density at radius 3 is 2.87 bits per heavy atom. The Morgan fingerprint density at radius 2 is 2.26 bits per heavy atom. The molecule has 0 amide bonds. The zero-order valence-corrected chi connectivity index (χ0v) is 15.3. The fourth-order valence-corrected chi connectivity index (χ4v) is 3.04. The molecule has 1 aliphatic heterocycles. The number of guanidine groups is 1. The number of nitrogens with one attached hydrogen (secondary N) is 2. The quantitative estimate of drug-likeness (QED) is 0.340. The molecule has 0 saturated carbocycles. The highest BCUT2D eigenvalue weighted by Gasteiger charge is 2.15. The van der Waals surface area contributed by atoms with E-state index in [-0.39, 0.29) is 17.9 Å². The lowest BCUT2D eigenvalue weighted by atomic mass is 10.2. The van der Waals surface area contributed by atoms with Crippen molar-refractivity contribution in [3.63, 3.8) is 0 Å². The summed E-state index contributed by atoms with van der Waals surface area (Å²) in [5.74, 6) is 0.861. The number of nitrogens with zero attached hydrogens (tertiary/aromatic N) is 1. The average molecular weight is 349 g/mol. The van der Waals surface area contributed by atoms with Gasteiger partial charge in [-0.25, -0.2) is 8.42 Å². The summed E-state index contributed by atoms with van der Waals surface area (Å²) in [6, 6.07) is 0.0479. The van der Waals surface area contributed by atoms with Crippen molar-refractivity contribution in [1.29, 1.82) is 0 Å². The smallest absolute Gasteiger partial charge is 0.191 e. The van der Waals surface area contributed by atoms with Gasteiger partial charge in [-0.05, 0) is 32.6 Å². The van der Waals surface area contributed by atoms with Crippen LogP contribution in [-0.2, 0) is 19.3 Å². The minimum absolute atomic E-state index is 0.0479. The van der Waals surface area contributed by atoms with Crippen molar-refractivity contribution in [3.05, 3.63) is 0 Å². The molecule has 136 valence electrons. The van der Waals surface area contributed by atoms with E-state index in [1.165, 1.54) is 6.26 Å². The molecular weight excluding hydrogens is 318 g/mol. The molecule has 7 nitrogen and oxygen atoms in total. The predicted octanol–water partition coefficient (Wildman–Crippen LogP) is 0.560. The van der Waals surface area contributed by atoms with Crippen LogP contribution in [0.1, 0.15) is 32.6 Å². The molecule has 0 aromatic carbocycles. The molecule has 1 aliphatic rings. The Kier molecular flexibility index (Phi) is 9.50. The van der Waals surface area contributed by atoms with Gasteiger partial charge in [-0.1, -0.05) is 0 Å². The summed E-state index contributed by atoms with van der Waals surface area (Å²) in [4.78, 5) is 4.14. The Morgan fingerprint density at radius 1 is 1.48 bits per heavy atom. The van der Waals surface area contributed by atoms with Crippen LogP contribution in [0.15, 0.2) is 4.99 Å². The molecule has 0 aromatic heterocycles. The average Bonchev–Trinajstić information content (AvgIpc) is 3.00. The number of hydrogen-bond donors (Lipinski definition) is 2. The third-order valence-corrected chi connectivity index (χ3v) is 4.59. The van der Waals surface area contributed by atoms with Crippen molar-refractivity contribution in [2.45, 2.75) is 44.8 Å². The molecule has 2 N–H and O–H groups in total. The standard InChI is InChI=1S/C15H31N3O4S/c1-13(7-11-23(3,19)20)18-15(16-2)17-8-5-9-21-12-14-6-4-10-22-14/h13-14H,4-12H2,1-3H3,(H2,16,17,18). The molecular formula is C15H31N3O4S. The first kappa shape index (κ1) is 20.2. The van der Waals surface area contributed by atoms with E-state index in [1.54, 1.807) is 7.05 Å². The van der Waals surface area contributed by atoms with E-state index in [2.05, 4.69) is 15.6 Å². The molecule has 2 unspecified atom stereocenters. The zero-order chi connectivity index (χ0) is 17.1. The molecule has 1 saturated heterocycles. The predicted molar refractivity (Wildman–Crippen MR) is 92.7 cm³/mol. The highest BCUT2D eigenvalue weighted by atomic mass is 32.2. The summed E-state index contributed by atoms with van der Waals surface area (Å²) >= 11 is 0. The molecule has 23 heavy (non-hydrogen) atoms. The Balaban J connectivity index is 2.06. The summed E-state index contributed by atoms with van der Waals surface area (Å²) in [5.41, 5.74) is 0. The lowest BCUT2D eigenvalue weighted by Crippen LogP contribution is -2.43. The second-order valence-corrected chi connectivity index (χ2v) is 8.29. The second-order valence-electron chi connectivity index (χ2n) is 6.03. The highest BCUT2D eigenvalue weighted by molar-refractivity contribution is 7.90. The van der Waals surface area contributed by atoms with Crippen molar-refractivity contribution in [2.24, 2.45) is 4.99 Å². The summed E-state index contributed by atoms with van der Waals surface area (Å²) in [5, 5.41) is 6.39. The summed E-state index contributed by atoms with van der Waals surface area (Å²) in [6.45, 7) is 4.92. The number of sulfone groups is 1. The third kappa shape index (κ3) is 10.5. The highest BCUT2D eigenvalue weighted by Crippen LogP contribution is 2.11. The van der Waals surface area contributed by atoms with E-state index < -0.39 is 9.84 Å². The summed E-state index contributed by atoms with van der Waals surface area (Å²) in [6.07, 6.45) is 5.20. The maximum absolute atomic E-state index is 11.2. The van der Waals surface area contributed by atoms with Crippen molar-refractivity contribution < 1.29 is 17.9 Å². The zero-order valence-electron chi connectivity index (χ0n) is 14.5. The van der Waals surface area contributed by atoms with Crippen LogP contribution in [0.2, 0.25) is 0 Å². The molecule has 1 rings (SSSR count). The molecule has 0 spiro atoms. The molecule has 0 bridgehead atoms. The van der Waals surface area contributed by atoms with Gasteiger partial charge < -0.3 is 20.1 Å². The first-order chi connectivity index (χ1) is 10.9. The normalized spacial score (nSPS) is 20.5. The van der Waals surface area contributed by atoms with Gasteiger partial charge >= 0.3 is 0 Å². The second kappa shape index (κ2) is 10.8. The minimum atomic E-state index is -2.92. The van der Waals surface area contributed by atoms with Crippen LogP contribution in [0.5, 0.6) is 0 Å². The van der Waals surface area contributed by atoms with Crippen LogP contribution in [0.25, 0.3) is 0 Å². The molecule has 1 heterocycles. The Labute approximate surface area is 140 Å². The van der Waals surface area contributed by atoms with Gasteiger partial charge in [0.25, 0.3) is 0 Å². The van der Waals surface area contributed by atoms with E-state index in [9.17, 15) is 8.42 Å². The largest absolute Gasteiger partial charge is 0.379 e. The molecule has 8 heteroatoms. The maximum atomic E-state index is 11.2. The van der Waals surface area contributed by atoms with Crippen molar-refractivity contribution in [1.82, 2.24) is 10.6 Å². The van der Waals surface area contributed by atoms with Gasteiger partial charge in [0.05, 0.1) is 18.5 Å². The van der Waals surface area contributed by atoms with Crippen LogP contribution in [0.4, 0.5) is 0 Å². The van der Waals surface area contributed by atoms with Crippen molar-refractivity contribution >= 4 is 15.8 Å². The maximum Gasteiger partial charge on any atom is 0.191 e. The first-order valence-corrected chi connectivity index (χ1v) is 10.3. The SMILES string of the molecule is CN=C(NCCCOCC1CCCO1)NC(C)CCS(C)(=O)=O. The van der Waals surface area contributed by atoms with E-state index in [0.29, 0.717) is 25.6 Å². The van der Waals surface area contributed by atoms with Crippen molar-refractivity contribution in [3.8, 4) is 0 Å². The number of ether oxygens (including phenoxy) is 2. The molecule has 0 aromatic rings. The fourth-order valence-electron chi connectivity index (χ4n) is 2.26. The summed E-state index contributed by atoms with van der Waals surface area (Å²) in [7, 11) is -1.22. The van der Waals surface area contributed by atoms with Crippen LogP contribution in [0, 0.1) is 0 Å². The molecule has 2 atom stereocenters. The van der Waals surface area contributed by atoms with Crippen LogP contribution < -0.4 is 10.6 Å². The number of aliphatic imine (C=N–C) groups is 1. The van der Waals surface area contributed by atoms with Gasteiger partial charge in [0, 0.05) is 39.1 Å². The summed E-state index contributed by atoms with van der Waals surface area (Å²) < 4.78 is 33.4. The number of rotatable bonds is 10. The Hall–Kier alpha value is -0.860. The van der Waals surface area contributed by atoms with Gasteiger partial charge in [0.2, 0.25) is 0 Å². The van der Waals surface area contributed by atoms with Gasteiger partial charge in [-0.15, -0.1) is 0 Å². The van der Waals surface area contributed by atoms with Crippen LogP contribution in [-0.4, -0.2) is 71.9 Å². The number of hydrogen-bond acceptors (Lipinski definition) is 5. The Bertz CT molecular complexity index is 448. The first-order valence-electron chi connectivity index (χ1n) is 8.25. The van der Waals surface area contributed by atoms with E-state index in [4.69, 9.17) is 9.47 Å². The van der Waals surface area contributed by atoms with Crippen LogP contribution >= 0.6 is 0 Å². The van der Waals surface area contributed by atoms with E-state index in [1.807, 2.05) is 6.92 Å². The topological polar surface area (TPSA) is 89.0 Å². The van der Waals surface area contributed by atoms with Crippen molar-refractivity contribution in [2.75, 3.05) is 45.4 Å². The fraction of sp³-hybridized carbons (Fsp3) is 0.933. The third-order valence-electron chi connectivity index (χ3n) is 3.61. The molecule has 1 fully saturated rings. The van der Waals surface area contributed by atoms with E-state index >= 15 is 0 Å². The lowest BCUT2D eigenvalue weighted by molar-refractivity contribution is 0.0168. The van der Waals surface area contributed by atoms with Gasteiger partial charge in [-0.3, -0.25) is 4.99 Å². The van der Waals surface area contributed by atoms with Gasteiger partial charge in [-0.2, -0.15) is 0 Å². The minimum Gasteiger partial charge on any atom is -0.379 e. The van der Waals surface area contributed by atoms with Gasteiger partial charge in [0.1, 0.15) is 9.84 Å². The molecule has 0 radical (unpaired) electrons. The molecule has 0 aliphatic carbocycles. The lowest BCUT2D eigenvalue weighted by Gasteiger charge is -2.17. The van der Waals surface area contributed by atoms with E-state index in [0.717, 1.165) is 32.4 Å². The van der Waals surface area contributed by atoms with Crippen LogP contribution in [0.3, 0.4) is 0 Å². The van der Waals surface area contributed by atoms with Gasteiger partial charge in [0.15, 0.2) is 5.96 Å². The monoisotopic (exact) mass is 349 g/mol.